The van der Waals surface area contributed by atoms with E-state index in [0.29, 0.717) is 13.1 Å². The van der Waals surface area contributed by atoms with Crippen molar-refractivity contribution in [1.29, 1.82) is 0 Å². The molecule has 6 heteroatoms. The highest BCUT2D eigenvalue weighted by Crippen LogP contribution is 2.34. The van der Waals surface area contributed by atoms with Gasteiger partial charge in [-0.25, -0.2) is 0 Å². The molecule has 2 rings (SSSR count). The molecule has 2 atom stereocenters. The molecular weight excluding hydrogens is 290 g/mol. The molecule has 0 amide bonds. The van der Waals surface area contributed by atoms with E-state index < -0.39 is 5.00 Å². The summed E-state index contributed by atoms with van der Waals surface area (Å²) < 4.78 is 1.95. The van der Waals surface area contributed by atoms with E-state index >= 15 is 0 Å². The Bertz CT molecular complexity index is 535. The predicted octanol–water partition coefficient (Wildman–Crippen LogP) is 0.527. The fraction of sp³-hybridized carbons (Fsp3) is 0.467. The smallest absolute Gasteiger partial charge is 0.134 e. The van der Waals surface area contributed by atoms with E-state index in [1.54, 1.807) is 0 Å². The van der Waals surface area contributed by atoms with Crippen LogP contribution in [-0.2, 0) is 7.05 Å². The lowest BCUT2D eigenvalue weighted by Gasteiger charge is -2.37. The molecule has 4 N–H and O–H groups in total. The minimum atomic E-state index is -0.882. The summed E-state index contributed by atoms with van der Waals surface area (Å²) >= 11 is 6.69. The highest BCUT2D eigenvalue weighted by Gasteiger charge is 2.33. The average molecular weight is 312 g/mol. The molecule has 0 radical (unpaired) electrons. The Kier molecular flexibility index (Phi) is 5.24. The van der Waals surface area contributed by atoms with Gasteiger partial charge in [0.1, 0.15) is 5.00 Å². The van der Waals surface area contributed by atoms with E-state index in [4.69, 9.17) is 17.3 Å². The molecule has 1 aromatic heterocycles. The number of aromatic nitrogens is 1. The summed E-state index contributed by atoms with van der Waals surface area (Å²) in [4.78, 5) is 0.937. The highest BCUT2D eigenvalue weighted by molar-refractivity contribution is 6.27. The van der Waals surface area contributed by atoms with Crippen molar-refractivity contribution in [3.63, 3.8) is 0 Å². The molecule has 0 aromatic carbocycles. The molecule has 0 aliphatic heterocycles. The standard InChI is InChI=1S/C15H22ClN3O2/c1-18-5-3-12(11-18)13-10-15(16,4-2-14(13)17)19(6-8-20)7-9-21/h2-5,10-11,14,20-21H,6-9,17H2,1H3. The molecule has 0 bridgehead atoms. The molecule has 0 saturated carbocycles. The van der Waals surface area contributed by atoms with Crippen LogP contribution in [0.25, 0.3) is 5.57 Å². The zero-order valence-electron chi connectivity index (χ0n) is 12.1. The lowest BCUT2D eigenvalue weighted by molar-refractivity contribution is 0.139. The first kappa shape index (κ1) is 16.3. The number of nitrogens with zero attached hydrogens (tertiary/aromatic N) is 2. The number of rotatable bonds is 6. The largest absolute Gasteiger partial charge is 0.395 e. The number of halogens is 1. The number of alkyl halides is 1. The number of aryl methyl sites for hydroxylation is 1. The maximum atomic E-state index is 9.19. The molecule has 1 heterocycles. The monoisotopic (exact) mass is 311 g/mol. The first-order valence-corrected chi connectivity index (χ1v) is 7.33. The lowest BCUT2D eigenvalue weighted by Crippen LogP contribution is -2.46. The van der Waals surface area contributed by atoms with E-state index in [2.05, 4.69) is 0 Å². The van der Waals surface area contributed by atoms with Crippen LogP contribution in [0.3, 0.4) is 0 Å². The van der Waals surface area contributed by atoms with Gasteiger partial charge < -0.3 is 20.5 Å². The van der Waals surface area contributed by atoms with Crippen LogP contribution < -0.4 is 5.73 Å². The molecule has 2 unspecified atom stereocenters. The number of aliphatic hydroxyl groups is 2. The van der Waals surface area contributed by atoms with Gasteiger partial charge in [-0.1, -0.05) is 17.7 Å². The van der Waals surface area contributed by atoms with Gasteiger partial charge in [-0.3, -0.25) is 4.90 Å². The van der Waals surface area contributed by atoms with E-state index in [0.717, 1.165) is 11.1 Å². The van der Waals surface area contributed by atoms with E-state index in [1.807, 2.05) is 53.2 Å². The van der Waals surface area contributed by atoms with Gasteiger partial charge in [0, 0.05) is 38.6 Å². The third kappa shape index (κ3) is 3.56. The molecule has 5 nitrogen and oxygen atoms in total. The maximum absolute atomic E-state index is 9.19. The van der Waals surface area contributed by atoms with E-state index in [-0.39, 0.29) is 19.3 Å². The molecule has 1 aromatic rings. The van der Waals surface area contributed by atoms with Gasteiger partial charge in [-0.15, -0.1) is 0 Å². The molecule has 1 aliphatic rings. The van der Waals surface area contributed by atoms with Gasteiger partial charge >= 0.3 is 0 Å². The van der Waals surface area contributed by atoms with Crippen LogP contribution in [0.5, 0.6) is 0 Å². The van der Waals surface area contributed by atoms with Crippen LogP contribution in [0.1, 0.15) is 5.56 Å². The lowest BCUT2D eigenvalue weighted by atomic mass is 9.92. The van der Waals surface area contributed by atoms with Crippen LogP contribution in [0.2, 0.25) is 0 Å². The summed E-state index contributed by atoms with van der Waals surface area (Å²) in [6.45, 7) is 0.705. The summed E-state index contributed by atoms with van der Waals surface area (Å²) in [5.74, 6) is 0. The first-order chi connectivity index (χ1) is 10.00. The zero-order chi connectivity index (χ0) is 15.5. The van der Waals surface area contributed by atoms with Crippen LogP contribution in [0.4, 0.5) is 0 Å². The van der Waals surface area contributed by atoms with Gasteiger partial charge in [0.15, 0.2) is 0 Å². The minimum absolute atomic E-state index is 0.0249. The second kappa shape index (κ2) is 6.77. The van der Waals surface area contributed by atoms with E-state index in [1.165, 1.54) is 0 Å². The third-order valence-corrected chi connectivity index (χ3v) is 4.12. The summed E-state index contributed by atoms with van der Waals surface area (Å²) in [5, 5.41) is 18.4. The molecule has 116 valence electrons. The van der Waals surface area contributed by atoms with Crippen molar-refractivity contribution >= 4 is 17.2 Å². The van der Waals surface area contributed by atoms with Crippen LogP contribution in [0, 0.1) is 0 Å². The van der Waals surface area contributed by atoms with Gasteiger partial charge in [0.2, 0.25) is 0 Å². The SMILES string of the molecule is Cn1ccc(C2=CC(Cl)(N(CCO)CCO)C=CC2N)c1. The predicted molar refractivity (Wildman–Crippen MR) is 84.8 cm³/mol. The molecule has 0 spiro atoms. The molecule has 0 saturated heterocycles. The van der Waals surface area contributed by atoms with Crippen molar-refractivity contribution in [2.75, 3.05) is 26.3 Å². The first-order valence-electron chi connectivity index (χ1n) is 6.96. The van der Waals surface area contributed by atoms with Crippen LogP contribution in [0.15, 0.2) is 36.7 Å². The minimum Gasteiger partial charge on any atom is -0.395 e. The molecule has 1 aliphatic carbocycles. The summed E-state index contributed by atoms with van der Waals surface area (Å²) in [6, 6.07) is 1.77. The second-order valence-electron chi connectivity index (χ2n) is 5.21. The Morgan fingerprint density at radius 3 is 2.57 bits per heavy atom. The molecular formula is C15H22ClN3O2. The normalized spacial score (nSPS) is 25.4. The summed E-state index contributed by atoms with van der Waals surface area (Å²) in [7, 11) is 1.95. The Morgan fingerprint density at radius 1 is 1.38 bits per heavy atom. The number of hydrogen-bond acceptors (Lipinski definition) is 4. The van der Waals surface area contributed by atoms with Crippen molar-refractivity contribution in [2.45, 2.75) is 11.0 Å². The van der Waals surface area contributed by atoms with Gasteiger partial charge in [-0.2, -0.15) is 0 Å². The number of nitrogens with two attached hydrogens (primary N) is 1. The summed E-state index contributed by atoms with van der Waals surface area (Å²) in [6.07, 6.45) is 9.52. The summed E-state index contributed by atoms with van der Waals surface area (Å²) in [5.41, 5.74) is 8.11. The molecule has 21 heavy (non-hydrogen) atoms. The average Bonchev–Trinajstić information content (AvgIpc) is 2.88. The number of hydrogen-bond donors (Lipinski definition) is 3. The fourth-order valence-electron chi connectivity index (χ4n) is 2.55. The van der Waals surface area contributed by atoms with Crippen molar-refractivity contribution < 1.29 is 10.2 Å². The quantitative estimate of drug-likeness (QED) is 0.407. The van der Waals surface area contributed by atoms with Gasteiger partial charge in [0.25, 0.3) is 0 Å². The van der Waals surface area contributed by atoms with Gasteiger partial charge in [-0.05, 0) is 29.4 Å². The van der Waals surface area contributed by atoms with Crippen molar-refractivity contribution in [3.05, 3.63) is 42.3 Å². The Labute approximate surface area is 129 Å². The Morgan fingerprint density at radius 2 is 2.05 bits per heavy atom. The second-order valence-corrected chi connectivity index (χ2v) is 5.82. The topological polar surface area (TPSA) is 74.6 Å². The Balaban J connectivity index is 2.34. The highest BCUT2D eigenvalue weighted by atomic mass is 35.5. The van der Waals surface area contributed by atoms with Crippen molar-refractivity contribution in [3.8, 4) is 0 Å². The van der Waals surface area contributed by atoms with Crippen LogP contribution in [-0.4, -0.2) is 57.0 Å². The number of aliphatic hydroxyl groups excluding tert-OH is 2. The fourth-order valence-corrected chi connectivity index (χ4v) is 2.91. The van der Waals surface area contributed by atoms with Crippen molar-refractivity contribution in [2.24, 2.45) is 12.8 Å². The Hall–Kier alpha value is -1.11. The van der Waals surface area contributed by atoms with Crippen LogP contribution >= 0.6 is 11.6 Å². The van der Waals surface area contributed by atoms with Crippen molar-refractivity contribution in [1.82, 2.24) is 9.47 Å². The maximum Gasteiger partial charge on any atom is 0.134 e. The zero-order valence-corrected chi connectivity index (χ0v) is 12.9. The van der Waals surface area contributed by atoms with E-state index in [9.17, 15) is 10.2 Å². The third-order valence-electron chi connectivity index (χ3n) is 3.64. The molecule has 0 fully saturated rings. The van der Waals surface area contributed by atoms with Gasteiger partial charge in [0.05, 0.1) is 13.2 Å².